The maximum Gasteiger partial charge on any atom is 0.257 e. The van der Waals surface area contributed by atoms with Gasteiger partial charge in [0.25, 0.3) is 5.91 Å². The van der Waals surface area contributed by atoms with E-state index in [-0.39, 0.29) is 5.91 Å². The molecule has 1 aliphatic heterocycles. The molecule has 1 fully saturated rings. The van der Waals surface area contributed by atoms with E-state index < -0.39 is 0 Å². The zero-order valence-electron chi connectivity index (χ0n) is 9.48. The van der Waals surface area contributed by atoms with Gasteiger partial charge in [0.15, 0.2) is 0 Å². The van der Waals surface area contributed by atoms with Crippen molar-refractivity contribution in [2.45, 2.75) is 12.8 Å². The molecule has 88 valence electrons. The van der Waals surface area contributed by atoms with Gasteiger partial charge in [0.1, 0.15) is 0 Å². The number of aromatic nitrogens is 2. The monoisotopic (exact) mass is 223 g/mol. The van der Waals surface area contributed by atoms with E-state index in [1.54, 1.807) is 19.5 Å². The Kier molecular flexibility index (Phi) is 3.56. The fourth-order valence-electron chi connectivity index (χ4n) is 2.09. The smallest absolute Gasteiger partial charge is 0.257 e. The summed E-state index contributed by atoms with van der Waals surface area (Å²) in [6.07, 6.45) is 5.27. The summed E-state index contributed by atoms with van der Waals surface area (Å²) in [6.45, 7) is 2.43. The number of carbonyl (C=O) groups is 1. The van der Waals surface area contributed by atoms with Crippen LogP contribution in [-0.4, -0.2) is 47.8 Å². The Hall–Kier alpha value is -1.36. The SMILES string of the molecule is COCC1CCN(C(=O)c2cn[nH]c2)CC1. The van der Waals surface area contributed by atoms with Gasteiger partial charge in [-0.1, -0.05) is 0 Å². The van der Waals surface area contributed by atoms with Crippen molar-refractivity contribution in [3.63, 3.8) is 0 Å². The lowest BCUT2D eigenvalue weighted by Gasteiger charge is -2.31. The van der Waals surface area contributed by atoms with E-state index in [1.165, 1.54) is 0 Å². The average molecular weight is 223 g/mol. The van der Waals surface area contributed by atoms with Gasteiger partial charge >= 0.3 is 0 Å². The summed E-state index contributed by atoms with van der Waals surface area (Å²) < 4.78 is 5.13. The second kappa shape index (κ2) is 5.12. The molecule has 1 aliphatic rings. The first-order valence-corrected chi connectivity index (χ1v) is 5.58. The standard InChI is InChI=1S/C11H17N3O2/c1-16-8-9-2-4-14(5-3-9)11(15)10-6-12-13-7-10/h6-7,9H,2-5,8H2,1H3,(H,12,13). The van der Waals surface area contributed by atoms with E-state index in [0.29, 0.717) is 11.5 Å². The number of aromatic amines is 1. The second-order valence-electron chi connectivity index (χ2n) is 4.18. The van der Waals surface area contributed by atoms with Crippen LogP contribution in [0.4, 0.5) is 0 Å². The first-order valence-electron chi connectivity index (χ1n) is 5.58. The minimum absolute atomic E-state index is 0.0737. The van der Waals surface area contributed by atoms with Crippen molar-refractivity contribution in [2.75, 3.05) is 26.8 Å². The second-order valence-corrected chi connectivity index (χ2v) is 4.18. The zero-order valence-corrected chi connectivity index (χ0v) is 9.48. The van der Waals surface area contributed by atoms with Crippen molar-refractivity contribution in [2.24, 2.45) is 5.92 Å². The normalized spacial score (nSPS) is 17.7. The number of carbonyl (C=O) groups excluding carboxylic acids is 1. The molecule has 1 aromatic rings. The Bertz CT molecular complexity index is 329. The lowest BCUT2D eigenvalue weighted by atomic mass is 9.97. The molecule has 1 N–H and O–H groups in total. The molecule has 1 saturated heterocycles. The van der Waals surface area contributed by atoms with Crippen molar-refractivity contribution >= 4 is 5.91 Å². The van der Waals surface area contributed by atoms with Crippen LogP contribution in [0.15, 0.2) is 12.4 Å². The lowest BCUT2D eigenvalue weighted by molar-refractivity contribution is 0.0613. The minimum Gasteiger partial charge on any atom is -0.384 e. The van der Waals surface area contributed by atoms with Gasteiger partial charge in [-0.2, -0.15) is 5.10 Å². The number of hydrogen-bond acceptors (Lipinski definition) is 3. The largest absolute Gasteiger partial charge is 0.384 e. The van der Waals surface area contributed by atoms with E-state index in [0.717, 1.165) is 32.5 Å². The summed E-state index contributed by atoms with van der Waals surface area (Å²) in [6, 6.07) is 0. The first-order chi connectivity index (χ1) is 7.81. The van der Waals surface area contributed by atoms with Crippen molar-refractivity contribution in [3.05, 3.63) is 18.0 Å². The summed E-state index contributed by atoms with van der Waals surface area (Å²) in [5.74, 6) is 0.669. The number of nitrogens with one attached hydrogen (secondary N) is 1. The summed E-state index contributed by atoms with van der Waals surface area (Å²) >= 11 is 0. The van der Waals surface area contributed by atoms with Crippen LogP contribution in [0.1, 0.15) is 23.2 Å². The molecule has 5 nitrogen and oxygen atoms in total. The van der Waals surface area contributed by atoms with Gasteiger partial charge in [-0.15, -0.1) is 0 Å². The molecular weight excluding hydrogens is 206 g/mol. The topological polar surface area (TPSA) is 58.2 Å². The molecule has 0 radical (unpaired) electrons. The van der Waals surface area contributed by atoms with Crippen molar-refractivity contribution in [3.8, 4) is 0 Å². The number of methoxy groups -OCH3 is 1. The number of H-pyrrole nitrogens is 1. The molecule has 2 rings (SSSR count). The van der Waals surface area contributed by atoms with Crippen molar-refractivity contribution in [1.29, 1.82) is 0 Å². The van der Waals surface area contributed by atoms with Gasteiger partial charge in [0.05, 0.1) is 11.8 Å². The van der Waals surface area contributed by atoms with Gasteiger partial charge in [0.2, 0.25) is 0 Å². The molecule has 0 unspecified atom stereocenters. The molecule has 1 aromatic heterocycles. The molecule has 0 spiro atoms. The number of piperidine rings is 1. The predicted octanol–water partition coefficient (Wildman–Crippen LogP) is 0.908. The molecule has 0 saturated carbocycles. The summed E-state index contributed by atoms with van der Waals surface area (Å²) in [5.41, 5.74) is 0.644. The van der Waals surface area contributed by atoms with Gasteiger partial charge in [-0.25, -0.2) is 0 Å². The molecule has 0 atom stereocenters. The highest BCUT2D eigenvalue weighted by Gasteiger charge is 2.23. The van der Waals surface area contributed by atoms with Crippen molar-refractivity contribution < 1.29 is 9.53 Å². The number of nitrogens with zero attached hydrogens (tertiary/aromatic N) is 2. The molecule has 0 aliphatic carbocycles. The van der Waals surface area contributed by atoms with Crippen LogP contribution in [-0.2, 0) is 4.74 Å². The van der Waals surface area contributed by atoms with Crippen LogP contribution in [0.25, 0.3) is 0 Å². The highest BCUT2D eigenvalue weighted by atomic mass is 16.5. The summed E-state index contributed by atoms with van der Waals surface area (Å²) in [4.78, 5) is 13.8. The Labute approximate surface area is 94.8 Å². The number of hydrogen-bond donors (Lipinski definition) is 1. The van der Waals surface area contributed by atoms with E-state index >= 15 is 0 Å². The van der Waals surface area contributed by atoms with Crippen LogP contribution in [0.5, 0.6) is 0 Å². The van der Waals surface area contributed by atoms with E-state index in [4.69, 9.17) is 4.74 Å². The third-order valence-electron chi connectivity index (χ3n) is 3.05. The Balaban J connectivity index is 1.87. The van der Waals surface area contributed by atoms with Crippen LogP contribution in [0.3, 0.4) is 0 Å². The molecule has 2 heterocycles. The Morgan fingerprint density at radius 2 is 2.38 bits per heavy atom. The number of ether oxygens (including phenoxy) is 1. The van der Waals surface area contributed by atoms with Crippen LogP contribution >= 0.6 is 0 Å². The van der Waals surface area contributed by atoms with Gasteiger partial charge < -0.3 is 9.64 Å². The maximum absolute atomic E-state index is 12.0. The lowest BCUT2D eigenvalue weighted by Crippen LogP contribution is -2.39. The van der Waals surface area contributed by atoms with Gasteiger partial charge in [-0.3, -0.25) is 9.89 Å². The fourth-order valence-corrected chi connectivity index (χ4v) is 2.09. The molecule has 1 amide bonds. The molecule has 0 bridgehead atoms. The summed E-state index contributed by atoms with van der Waals surface area (Å²) in [7, 11) is 1.73. The Morgan fingerprint density at radius 1 is 1.62 bits per heavy atom. The third-order valence-corrected chi connectivity index (χ3v) is 3.05. The van der Waals surface area contributed by atoms with E-state index in [1.807, 2.05) is 4.90 Å². The third kappa shape index (κ3) is 2.41. The number of likely N-dealkylation sites (tertiary alicyclic amines) is 1. The number of rotatable bonds is 3. The van der Waals surface area contributed by atoms with Crippen molar-refractivity contribution in [1.82, 2.24) is 15.1 Å². The highest BCUT2D eigenvalue weighted by molar-refractivity contribution is 5.93. The molecule has 16 heavy (non-hydrogen) atoms. The van der Waals surface area contributed by atoms with E-state index in [9.17, 15) is 4.79 Å². The predicted molar refractivity (Wildman–Crippen MR) is 59.1 cm³/mol. The highest BCUT2D eigenvalue weighted by Crippen LogP contribution is 2.18. The quantitative estimate of drug-likeness (QED) is 0.828. The molecular formula is C11H17N3O2. The van der Waals surface area contributed by atoms with Crippen LogP contribution in [0.2, 0.25) is 0 Å². The maximum atomic E-state index is 12.0. The Morgan fingerprint density at radius 3 is 2.94 bits per heavy atom. The average Bonchev–Trinajstić information content (AvgIpc) is 2.83. The summed E-state index contributed by atoms with van der Waals surface area (Å²) in [5, 5.41) is 6.45. The van der Waals surface area contributed by atoms with Gasteiger partial charge in [0, 0.05) is 33.0 Å². The zero-order chi connectivity index (χ0) is 11.4. The fraction of sp³-hybridized carbons (Fsp3) is 0.636. The van der Waals surface area contributed by atoms with Gasteiger partial charge in [-0.05, 0) is 18.8 Å². The van der Waals surface area contributed by atoms with Crippen LogP contribution in [0, 0.1) is 5.92 Å². The van der Waals surface area contributed by atoms with E-state index in [2.05, 4.69) is 10.2 Å². The molecule has 5 heteroatoms. The molecule has 0 aromatic carbocycles. The number of amides is 1. The minimum atomic E-state index is 0.0737. The first kappa shape index (κ1) is 11.1. The van der Waals surface area contributed by atoms with Crippen LogP contribution < -0.4 is 0 Å².